The van der Waals surface area contributed by atoms with E-state index in [1.807, 2.05) is 45.0 Å². The normalized spacial score (nSPS) is 16.8. The lowest BCUT2D eigenvalue weighted by Crippen LogP contribution is -2.46. The molecule has 8 nitrogen and oxygen atoms in total. The predicted octanol–water partition coefficient (Wildman–Crippen LogP) is 5.92. The van der Waals surface area contributed by atoms with Crippen molar-refractivity contribution >= 4 is 17.3 Å². The number of amides is 2. The van der Waals surface area contributed by atoms with Crippen molar-refractivity contribution in [1.29, 1.82) is 0 Å². The highest BCUT2D eigenvalue weighted by atomic mass is 19.1. The van der Waals surface area contributed by atoms with E-state index in [-0.39, 0.29) is 18.7 Å². The molecule has 1 unspecified atom stereocenters. The van der Waals surface area contributed by atoms with Gasteiger partial charge in [-0.05, 0) is 79.9 Å². The number of hydrogen-bond donors (Lipinski definition) is 1. The Hall–Kier alpha value is -4.66. The summed E-state index contributed by atoms with van der Waals surface area (Å²) < 4.78 is 30.8. The van der Waals surface area contributed by atoms with Crippen molar-refractivity contribution in [3.63, 3.8) is 0 Å². The maximum atomic E-state index is 14.2. The SMILES string of the molecule is CC1=C(c2nc(-c3ccc4c(c3)OCO4)no2)C(c2cccc(F)c2)NC(=O)N1c1cc(C)cc(C)c1. The van der Waals surface area contributed by atoms with Crippen LogP contribution in [0.1, 0.15) is 35.5 Å². The number of nitrogens with zero attached hydrogens (tertiary/aromatic N) is 3. The van der Waals surface area contributed by atoms with Crippen LogP contribution in [0.3, 0.4) is 0 Å². The fourth-order valence-corrected chi connectivity index (χ4v) is 4.83. The van der Waals surface area contributed by atoms with Crippen LogP contribution < -0.4 is 19.7 Å². The molecule has 3 heterocycles. The van der Waals surface area contributed by atoms with Gasteiger partial charge in [0.15, 0.2) is 11.5 Å². The fraction of sp³-hybridized carbons (Fsp3) is 0.179. The molecule has 0 saturated heterocycles. The van der Waals surface area contributed by atoms with E-state index in [4.69, 9.17) is 14.0 Å². The summed E-state index contributed by atoms with van der Waals surface area (Å²) >= 11 is 0. The number of allylic oxidation sites excluding steroid dienone is 1. The molecule has 0 bridgehead atoms. The third kappa shape index (κ3) is 4.08. The molecule has 2 amide bonds. The molecule has 37 heavy (non-hydrogen) atoms. The van der Waals surface area contributed by atoms with Gasteiger partial charge in [-0.25, -0.2) is 9.18 Å². The first-order chi connectivity index (χ1) is 17.9. The summed E-state index contributed by atoms with van der Waals surface area (Å²) in [7, 11) is 0. The Morgan fingerprint density at radius 1 is 0.973 bits per heavy atom. The molecule has 9 heteroatoms. The maximum absolute atomic E-state index is 14.2. The first kappa shape index (κ1) is 22.8. The van der Waals surface area contributed by atoms with Gasteiger partial charge in [-0.2, -0.15) is 4.98 Å². The quantitative estimate of drug-likeness (QED) is 0.376. The Morgan fingerprint density at radius 2 is 1.76 bits per heavy atom. The number of carbonyl (C=O) groups is 1. The average molecular weight is 499 g/mol. The van der Waals surface area contributed by atoms with E-state index in [2.05, 4.69) is 15.5 Å². The number of urea groups is 1. The molecule has 0 aliphatic carbocycles. The van der Waals surface area contributed by atoms with E-state index < -0.39 is 11.9 Å². The van der Waals surface area contributed by atoms with Crippen LogP contribution in [0.25, 0.3) is 17.0 Å². The summed E-state index contributed by atoms with van der Waals surface area (Å²) in [6, 6.07) is 16.4. The van der Waals surface area contributed by atoms with Crippen LogP contribution in [0.15, 0.2) is 70.9 Å². The fourth-order valence-electron chi connectivity index (χ4n) is 4.83. The first-order valence-electron chi connectivity index (χ1n) is 11.8. The van der Waals surface area contributed by atoms with Gasteiger partial charge >= 0.3 is 6.03 Å². The molecule has 1 N–H and O–H groups in total. The number of halogens is 1. The molecule has 1 aromatic heterocycles. The molecular weight excluding hydrogens is 475 g/mol. The Balaban J connectivity index is 1.49. The van der Waals surface area contributed by atoms with Crippen molar-refractivity contribution < 1.29 is 23.2 Å². The predicted molar refractivity (Wildman–Crippen MR) is 135 cm³/mol. The lowest BCUT2D eigenvalue weighted by atomic mass is 9.94. The minimum absolute atomic E-state index is 0.158. The highest BCUT2D eigenvalue weighted by Crippen LogP contribution is 2.40. The van der Waals surface area contributed by atoms with Gasteiger partial charge in [0.25, 0.3) is 5.89 Å². The molecule has 186 valence electrons. The number of rotatable bonds is 4. The number of anilines is 1. The molecule has 3 aromatic carbocycles. The number of ether oxygens (including phenoxy) is 2. The van der Waals surface area contributed by atoms with Crippen LogP contribution in [0, 0.1) is 19.7 Å². The Morgan fingerprint density at radius 3 is 2.54 bits per heavy atom. The third-order valence-electron chi connectivity index (χ3n) is 6.42. The second-order valence-corrected chi connectivity index (χ2v) is 9.11. The standard InChI is InChI=1S/C28H23FN4O4/c1-15-9-16(2)11-21(10-15)33-17(3)24(25(30-28(33)34)18-5-4-6-20(29)12-18)27-31-26(32-37-27)19-7-8-22-23(13-19)36-14-35-22/h4-13,25H,14H2,1-3H3,(H,30,34). The highest BCUT2D eigenvalue weighted by molar-refractivity contribution is 6.01. The lowest BCUT2D eigenvalue weighted by Gasteiger charge is -2.35. The largest absolute Gasteiger partial charge is 0.454 e. The van der Waals surface area contributed by atoms with Gasteiger partial charge in [0.2, 0.25) is 12.6 Å². The van der Waals surface area contributed by atoms with E-state index in [9.17, 15) is 9.18 Å². The van der Waals surface area contributed by atoms with Crippen LogP contribution in [0.4, 0.5) is 14.9 Å². The second-order valence-electron chi connectivity index (χ2n) is 9.11. The van der Waals surface area contributed by atoms with Crippen LogP contribution in [-0.2, 0) is 0 Å². The van der Waals surface area contributed by atoms with Gasteiger partial charge in [-0.1, -0.05) is 23.4 Å². The van der Waals surface area contributed by atoms with E-state index in [1.165, 1.54) is 12.1 Å². The molecule has 2 aliphatic heterocycles. The molecule has 6 rings (SSSR count). The highest BCUT2D eigenvalue weighted by Gasteiger charge is 2.37. The summed E-state index contributed by atoms with van der Waals surface area (Å²) in [6.45, 7) is 5.93. The number of aromatic nitrogens is 2. The molecule has 0 fully saturated rings. The van der Waals surface area contributed by atoms with Gasteiger partial charge in [0.1, 0.15) is 5.82 Å². The van der Waals surface area contributed by atoms with Gasteiger partial charge < -0.3 is 19.3 Å². The van der Waals surface area contributed by atoms with Crippen LogP contribution in [-0.4, -0.2) is 23.0 Å². The molecule has 0 saturated carbocycles. The minimum atomic E-state index is -0.699. The van der Waals surface area contributed by atoms with E-state index in [1.54, 1.807) is 29.2 Å². The number of nitrogens with one attached hydrogen (secondary N) is 1. The zero-order chi connectivity index (χ0) is 25.7. The number of aryl methyl sites for hydroxylation is 2. The van der Waals surface area contributed by atoms with E-state index >= 15 is 0 Å². The van der Waals surface area contributed by atoms with Gasteiger partial charge in [-0.15, -0.1) is 0 Å². The lowest BCUT2D eigenvalue weighted by molar-refractivity contribution is 0.174. The average Bonchev–Trinajstić information content (AvgIpc) is 3.52. The van der Waals surface area contributed by atoms with E-state index in [0.29, 0.717) is 45.4 Å². The summed E-state index contributed by atoms with van der Waals surface area (Å²) in [5, 5.41) is 7.20. The Bertz CT molecular complexity index is 1560. The van der Waals surface area contributed by atoms with Crippen molar-refractivity contribution in [2.75, 3.05) is 11.7 Å². The van der Waals surface area contributed by atoms with Crippen molar-refractivity contribution in [3.05, 3.63) is 94.8 Å². The van der Waals surface area contributed by atoms with Crippen LogP contribution in [0.5, 0.6) is 11.5 Å². The Kier molecular flexibility index (Phi) is 5.40. The van der Waals surface area contributed by atoms with Crippen molar-refractivity contribution in [2.24, 2.45) is 0 Å². The van der Waals surface area contributed by atoms with Gasteiger partial charge in [0, 0.05) is 11.3 Å². The summed E-state index contributed by atoms with van der Waals surface area (Å²) in [5.74, 6) is 1.40. The van der Waals surface area contributed by atoms with E-state index in [0.717, 1.165) is 11.1 Å². The molecule has 0 radical (unpaired) electrons. The smallest absolute Gasteiger partial charge is 0.326 e. The summed E-state index contributed by atoms with van der Waals surface area (Å²) in [6.07, 6.45) is 0. The second kappa shape index (κ2) is 8.77. The number of hydrogen-bond acceptors (Lipinski definition) is 6. The van der Waals surface area contributed by atoms with Gasteiger partial charge in [-0.3, -0.25) is 4.90 Å². The zero-order valence-corrected chi connectivity index (χ0v) is 20.4. The van der Waals surface area contributed by atoms with Crippen LogP contribution >= 0.6 is 0 Å². The molecular formula is C28H23FN4O4. The molecule has 0 spiro atoms. The monoisotopic (exact) mass is 498 g/mol. The summed E-state index contributed by atoms with van der Waals surface area (Å²) in [5.41, 5.74) is 5.17. The third-order valence-corrected chi connectivity index (χ3v) is 6.42. The van der Waals surface area contributed by atoms with Crippen LogP contribution in [0.2, 0.25) is 0 Å². The first-order valence-corrected chi connectivity index (χ1v) is 11.8. The Labute approximate surface area is 212 Å². The summed E-state index contributed by atoms with van der Waals surface area (Å²) in [4.78, 5) is 19.6. The topological polar surface area (TPSA) is 89.7 Å². The molecule has 4 aromatic rings. The maximum Gasteiger partial charge on any atom is 0.326 e. The number of benzene rings is 3. The molecule has 1 atom stereocenters. The van der Waals surface area contributed by atoms with Crippen molar-refractivity contribution in [2.45, 2.75) is 26.8 Å². The molecule has 2 aliphatic rings. The van der Waals surface area contributed by atoms with Crippen molar-refractivity contribution in [3.8, 4) is 22.9 Å². The van der Waals surface area contributed by atoms with Gasteiger partial charge in [0.05, 0.1) is 17.3 Å². The number of fused-ring (bicyclic) bond motifs is 1. The minimum Gasteiger partial charge on any atom is -0.454 e. The number of carbonyl (C=O) groups excluding carboxylic acids is 1. The zero-order valence-electron chi connectivity index (χ0n) is 20.4. The van der Waals surface area contributed by atoms with Crippen molar-refractivity contribution in [1.82, 2.24) is 15.5 Å².